The number of hydrogen-bond acceptors (Lipinski definition) is 2. The quantitative estimate of drug-likeness (QED) is 0.573. The second-order valence-electron chi connectivity index (χ2n) is 7.28. The van der Waals surface area contributed by atoms with Crippen LogP contribution in [0.1, 0.15) is 71.1 Å². The van der Waals surface area contributed by atoms with Crippen LogP contribution >= 0.6 is 23.5 Å². The van der Waals surface area contributed by atoms with Gasteiger partial charge in [0.2, 0.25) is 0 Å². The Hall–Kier alpha value is 0.700. The summed E-state index contributed by atoms with van der Waals surface area (Å²) < 4.78 is 0. The summed E-state index contributed by atoms with van der Waals surface area (Å²) in [6, 6.07) is 0. The fourth-order valence-electron chi connectivity index (χ4n) is 4.86. The van der Waals surface area contributed by atoms with Crippen LogP contribution in [0.5, 0.6) is 0 Å². The van der Waals surface area contributed by atoms with Gasteiger partial charge in [-0.15, -0.1) is 0 Å². The second kappa shape index (κ2) is 7.81. The van der Waals surface area contributed by atoms with Crippen LogP contribution in [0.25, 0.3) is 0 Å². The molecule has 2 saturated heterocycles. The molecule has 1 aliphatic carbocycles. The van der Waals surface area contributed by atoms with Crippen LogP contribution in [0, 0.1) is 17.8 Å². The van der Waals surface area contributed by atoms with Gasteiger partial charge in [-0.1, -0.05) is 32.6 Å². The Bertz CT molecular complexity index is 251. The van der Waals surface area contributed by atoms with Crippen LogP contribution in [-0.4, -0.2) is 22.0 Å². The monoisotopic (exact) mass is 312 g/mol. The molecule has 4 unspecified atom stereocenters. The summed E-state index contributed by atoms with van der Waals surface area (Å²) in [5, 5.41) is 2.01. The van der Waals surface area contributed by atoms with Gasteiger partial charge >= 0.3 is 0 Å². The third-order valence-corrected chi connectivity index (χ3v) is 9.14. The van der Waals surface area contributed by atoms with E-state index in [2.05, 4.69) is 30.4 Å². The van der Waals surface area contributed by atoms with Crippen molar-refractivity contribution < 1.29 is 0 Å². The van der Waals surface area contributed by atoms with E-state index in [-0.39, 0.29) is 0 Å². The Morgan fingerprint density at radius 3 is 1.45 bits per heavy atom. The van der Waals surface area contributed by atoms with Gasteiger partial charge in [0.1, 0.15) is 0 Å². The highest BCUT2D eigenvalue weighted by molar-refractivity contribution is 8.00. The smallest absolute Gasteiger partial charge is 0.00779 e. The summed E-state index contributed by atoms with van der Waals surface area (Å²) in [6.45, 7) is 2.63. The number of rotatable bonds is 2. The van der Waals surface area contributed by atoms with Gasteiger partial charge in [-0.2, -0.15) is 23.5 Å². The van der Waals surface area contributed by atoms with Crippen molar-refractivity contribution >= 4 is 23.5 Å². The van der Waals surface area contributed by atoms with E-state index in [0.29, 0.717) is 0 Å². The topological polar surface area (TPSA) is 0 Å². The van der Waals surface area contributed by atoms with Crippen LogP contribution in [-0.2, 0) is 0 Å². The largest absolute Gasteiger partial charge is 0.158 e. The molecule has 3 rings (SSSR count). The van der Waals surface area contributed by atoms with E-state index in [1.807, 2.05) is 0 Å². The van der Waals surface area contributed by atoms with Crippen molar-refractivity contribution in [3.8, 4) is 0 Å². The Balaban J connectivity index is 1.66. The summed E-state index contributed by atoms with van der Waals surface area (Å²) in [5.41, 5.74) is 0. The fourth-order valence-corrected chi connectivity index (χ4v) is 8.13. The minimum Gasteiger partial charge on any atom is -0.158 e. The molecular formula is C18H32S2. The minimum atomic E-state index is 0.990. The molecule has 0 N–H and O–H groups in total. The normalized spacial score (nSPS) is 44.0. The molecule has 0 aromatic heterocycles. The highest BCUT2D eigenvalue weighted by atomic mass is 32.2. The molecule has 4 atom stereocenters. The van der Waals surface area contributed by atoms with Crippen LogP contribution in [0.4, 0.5) is 0 Å². The maximum absolute atomic E-state index is 2.63. The predicted octanol–water partition coefficient (Wildman–Crippen LogP) is 6.00. The maximum Gasteiger partial charge on any atom is 0.00779 e. The van der Waals surface area contributed by atoms with E-state index in [9.17, 15) is 0 Å². The Kier molecular flexibility index (Phi) is 6.09. The Morgan fingerprint density at radius 1 is 0.600 bits per heavy atom. The van der Waals surface area contributed by atoms with Crippen LogP contribution in [0.15, 0.2) is 0 Å². The lowest BCUT2D eigenvalue weighted by Gasteiger charge is -2.40. The van der Waals surface area contributed by atoms with Crippen LogP contribution in [0.3, 0.4) is 0 Å². The standard InChI is InChI=1S/C18H32S2/c1-14-15(17-10-4-6-12-19-17)8-2-3-9-16(14)18-11-5-7-13-20-18/h14-18H,2-13H2,1H3. The van der Waals surface area contributed by atoms with Crippen molar-refractivity contribution in [1.82, 2.24) is 0 Å². The van der Waals surface area contributed by atoms with E-state index in [4.69, 9.17) is 0 Å². The molecule has 3 aliphatic rings. The van der Waals surface area contributed by atoms with E-state index in [1.54, 1.807) is 0 Å². The fraction of sp³-hybridized carbons (Fsp3) is 1.00. The highest BCUT2D eigenvalue weighted by Crippen LogP contribution is 2.47. The summed E-state index contributed by atoms with van der Waals surface area (Å²) in [6.07, 6.45) is 15.1. The summed E-state index contributed by atoms with van der Waals surface area (Å²) in [5.74, 6) is 5.95. The third-order valence-electron chi connectivity index (χ3n) is 6.06. The van der Waals surface area contributed by atoms with Crippen LogP contribution < -0.4 is 0 Å². The average Bonchev–Trinajstić information content (AvgIpc) is 2.71. The molecule has 116 valence electrons. The van der Waals surface area contributed by atoms with Crippen molar-refractivity contribution in [3.63, 3.8) is 0 Å². The zero-order valence-corrected chi connectivity index (χ0v) is 14.8. The van der Waals surface area contributed by atoms with Crippen molar-refractivity contribution in [2.24, 2.45) is 17.8 Å². The first-order chi connectivity index (χ1) is 9.86. The van der Waals surface area contributed by atoms with Crippen molar-refractivity contribution in [3.05, 3.63) is 0 Å². The molecule has 1 saturated carbocycles. The molecule has 20 heavy (non-hydrogen) atoms. The maximum atomic E-state index is 2.63. The number of thioether (sulfide) groups is 2. The van der Waals surface area contributed by atoms with Gasteiger partial charge in [0.15, 0.2) is 0 Å². The summed E-state index contributed by atoms with van der Waals surface area (Å²) in [7, 11) is 0. The first-order valence-corrected chi connectivity index (χ1v) is 11.2. The van der Waals surface area contributed by atoms with E-state index in [1.165, 1.54) is 75.7 Å². The Morgan fingerprint density at radius 2 is 1.05 bits per heavy atom. The zero-order chi connectivity index (χ0) is 13.8. The van der Waals surface area contributed by atoms with Crippen LogP contribution in [0.2, 0.25) is 0 Å². The first kappa shape index (κ1) is 15.6. The van der Waals surface area contributed by atoms with Gasteiger partial charge in [-0.05, 0) is 67.8 Å². The molecule has 2 heteroatoms. The van der Waals surface area contributed by atoms with E-state index < -0.39 is 0 Å². The first-order valence-electron chi connectivity index (χ1n) is 9.09. The average molecular weight is 313 g/mol. The lowest BCUT2D eigenvalue weighted by atomic mass is 9.76. The van der Waals surface area contributed by atoms with Gasteiger partial charge in [-0.25, -0.2) is 0 Å². The van der Waals surface area contributed by atoms with Gasteiger partial charge < -0.3 is 0 Å². The van der Waals surface area contributed by atoms with Gasteiger partial charge in [0.05, 0.1) is 0 Å². The molecule has 0 aromatic carbocycles. The van der Waals surface area contributed by atoms with Gasteiger partial charge in [0, 0.05) is 10.5 Å². The molecule has 0 spiro atoms. The zero-order valence-electron chi connectivity index (χ0n) is 13.2. The molecule has 0 nitrogen and oxygen atoms in total. The van der Waals surface area contributed by atoms with Gasteiger partial charge in [0.25, 0.3) is 0 Å². The molecule has 3 fully saturated rings. The molecule has 0 aromatic rings. The Labute approximate surface area is 134 Å². The highest BCUT2D eigenvalue weighted by Gasteiger charge is 2.38. The van der Waals surface area contributed by atoms with E-state index in [0.717, 1.165) is 28.3 Å². The van der Waals surface area contributed by atoms with Crippen molar-refractivity contribution in [2.45, 2.75) is 81.6 Å². The summed E-state index contributed by atoms with van der Waals surface area (Å²) in [4.78, 5) is 0. The van der Waals surface area contributed by atoms with Crippen molar-refractivity contribution in [1.29, 1.82) is 0 Å². The molecule has 0 bridgehead atoms. The summed E-state index contributed by atoms with van der Waals surface area (Å²) >= 11 is 4.65. The van der Waals surface area contributed by atoms with Gasteiger partial charge in [-0.3, -0.25) is 0 Å². The molecular weight excluding hydrogens is 280 g/mol. The SMILES string of the molecule is CC1C(C2CCCCS2)CCCCC1C1CCCCS1. The second-order valence-corrected chi connectivity index (χ2v) is 9.98. The molecule has 2 aliphatic heterocycles. The van der Waals surface area contributed by atoms with Crippen molar-refractivity contribution in [2.75, 3.05) is 11.5 Å². The third kappa shape index (κ3) is 3.72. The minimum absolute atomic E-state index is 0.990. The molecule has 2 heterocycles. The predicted molar refractivity (Wildman–Crippen MR) is 94.8 cm³/mol. The molecule has 0 radical (unpaired) electrons. The lowest BCUT2D eigenvalue weighted by Crippen LogP contribution is -2.34. The number of hydrogen-bond donors (Lipinski definition) is 0. The molecule has 0 amide bonds. The van der Waals surface area contributed by atoms with E-state index >= 15 is 0 Å². The lowest BCUT2D eigenvalue weighted by molar-refractivity contribution is 0.226.